The van der Waals surface area contributed by atoms with Crippen molar-refractivity contribution in [3.8, 4) is 11.4 Å². The normalized spacial score (nSPS) is 16.0. The van der Waals surface area contributed by atoms with Crippen molar-refractivity contribution in [2.75, 3.05) is 7.05 Å². The Hall–Kier alpha value is -3.06. The minimum Gasteiger partial charge on any atom is -0.338 e. The van der Waals surface area contributed by atoms with Gasteiger partial charge >= 0.3 is 0 Å². The highest BCUT2D eigenvalue weighted by Crippen LogP contribution is 2.35. The van der Waals surface area contributed by atoms with Gasteiger partial charge in [0.25, 0.3) is 5.69 Å². The molecule has 0 aliphatic heterocycles. The maximum absolute atomic E-state index is 10.7. The third-order valence-corrected chi connectivity index (χ3v) is 4.82. The number of benzene rings is 2. The Labute approximate surface area is 150 Å². The van der Waals surface area contributed by atoms with E-state index in [9.17, 15) is 10.1 Å². The molecular weight excluding hydrogens is 332 g/mol. The summed E-state index contributed by atoms with van der Waals surface area (Å²) in [5.74, 6) is 0.973. The molecule has 1 aliphatic carbocycles. The molecule has 4 rings (SSSR count). The molecular formula is C19H18N4O3. The van der Waals surface area contributed by atoms with E-state index >= 15 is 0 Å². The Morgan fingerprint density at radius 2 is 2.00 bits per heavy atom. The van der Waals surface area contributed by atoms with E-state index in [2.05, 4.69) is 46.4 Å². The maximum Gasteiger partial charge on any atom is 0.269 e. The van der Waals surface area contributed by atoms with Crippen LogP contribution in [-0.2, 0) is 13.0 Å². The van der Waals surface area contributed by atoms with Gasteiger partial charge in [0.05, 0.1) is 11.5 Å². The number of hydrogen-bond donors (Lipinski definition) is 0. The maximum atomic E-state index is 10.7. The fourth-order valence-corrected chi connectivity index (χ4v) is 3.48. The minimum absolute atomic E-state index is 0.0390. The average molecular weight is 350 g/mol. The summed E-state index contributed by atoms with van der Waals surface area (Å²) in [4.78, 5) is 17.0. The molecule has 26 heavy (non-hydrogen) atoms. The first-order valence-corrected chi connectivity index (χ1v) is 8.47. The SMILES string of the molecule is CN(Cc1nc(-c2ccc([N+](=O)[O-])cc2)no1)[C@H]1CCc2ccccc21. The molecule has 1 aliphatic rings. The quantitative estimate of drug-likeness (QED) is 0.514. The van der Waals surface area contributed by atoms with Gasteiger partial charge < -0.3 is 4.52 Å². The van der Waals surface area contributed by atoms with Gasteiger partial charge in [0.2, 0.25) is 11.7 Å². The van der Waals surface area contributed by atoms with Crippen LogP contribution < -0.4 is 0 Å². The Bertz CT molecular complexity index is 936. The second-order valence-electron chi connectivity index (χ2n) is 6.48. The van der Waals surface area contributed by atoms with Gasteiger partial charge in [-0.3, -0.25) is 15.0 Å². The van der Waals surface area contributed by atoms with Crippen molar-refractivity contribution in [3.05, 3.63) is 75.7 Å². The number of non-ortho nitro benzene ring substituents is 1. The van der Waals surface area contributed by atoms with E-state index in [-0.39, 0.29) is 5.69 Å². The molecule has 1 atom stereocenters. The molecule has 0 spiro atoms. The third kappa shape index (κ3) is 3.09. The van der Waals surface area contributed by atoms with Gasteiger partial charge in [0.15, 0.2) is 0 Å². The van der Waals surface area contributed by atoms with Crippen LogP contribution in [-0.4, -0.2) is 27.0 Å². The molecule has 0 bridgehead atoms. The second kappa shape index (κ2) is 6.68. The number of aromatic nitrogens is 2. The van der Waals surface area contributed by atoms with Crippen LogP contribution in [0.1, 0.15) is 29.5 Å². The van der Waals surface area contributed by atoms with Crippen molar-refractivity contribution < 1.29 is 9.45 Å². The predicted molar refractivity (Wildman–Crippen MR) is 95.4 cm³/mol. The highest BCUT2D eigenvalue weighted by atomic mass is 16.6. The van der Waals surface area contributed by atoms with E-state index in [0.29, 0.717) is 29.9 Å². The van der Waals surface area contributed by atoms with Crippen molar-refractivity contribution in [2.24, 2.45) is 0 Å². The summed E-state index contributed by atoms with van der Waals surface area (Å²) in [6.45, 7) is 0.555. The van der Waals surface area contributed by atoms with Crippen LogP contribution in [0.5, 0.6) is 0 Å². The number of nitro groups is 1. The van der Waals surface area contributed by atoms with E-state index < -0.39 is 4.92 Å². The van der Waals surface area contributed by atoms with Gasteiger partial charge in [-0.05, 0) is 43.1 Å². The second-order valence-corrected chi connectivity index (χ2v) is 6.48. The molecule has 0 amide bonds. The number of hydrogen-bond acceptors (Lipinski definition) is 6. The smallest absolute Gasteiger partial charge is 0.269 e. The molecule has 132 valence electrons. The predicted octanol–water partition coefficient (Wildman–Crippen LogP) is 3.76. The summed E-state index contributed by atoms with van der Waals surface area (Å²) in [6.07, 6.45) is 2.17. The molecule has 0 radical (unpaired) electrons. The number of aryl methyl sites for hydroxylation is 1. The highest BCUT2D eigenvalue weighted by molar-refractivity contribution is 5.56. The molecule has 7 nitrogen and oxygen atoms in total. The Balaban J connectivity index is 1.48. The lowest BCUT2D eigenvalue weighted by molar-refractivity contribution is -0.384. The number of nitro benzene ring substituents is 1. The van der Waals surface area contributed by atoms with Crippen LogP contribution in [0.15, 0.2) is 53.1 Å². The fourth-order valence-electron chi connectivity index (χ4n) is 3.48. The summed E-state index contributed by atoms with van der Waals surface area (Å²) in [5, 5.41) is 14.7. The zero-order chi connectivity index (χ0) is 18.1. The molecule has 1 heterocycles. The molecule has 0 unspecified atom stereocenters. The van der Waals surface area contributed by atoms with Crippen molar-refractivity contribution >= 4 is 5.69 Å². The highest BCUT2D eigenvalue weighted by Gasteiger charge is 2.26. The fraction of sp³-hybridized carbons (Fsp3) is 0.263. The van der Waals surface area contributed by atoms with E-state index in [0.717, 1.165) is 12.8 Å². The van der Waals surface area contributed by atoms with E-state index in [1.165, 1.54) is 23.3 Å². The van der Waals surface area contributed by atoms with Gasteiger partial charge in [-0.1, -0.05) is 29.4 Å². The van der Waals surface area contributed by atoms with E-state index in [1.807, 2.05) is 0 Å². The molecule has 1 aromatic heterocycles. The van der Waals surface area contributed by atoms with Crippen molar-refractivity contribution in [1.29, 1.82) is 0 Å². The zero-order valence-electron chi connectivity index (χ0n) is 14.3. The molecule has 0 fully saturated rings. The lowest BCUT2D eigenvalue weighted by Gasteiger charge is -2.23. The van der Waals surface area contributed by atoms with Gasteiger partial charge in [0, 0.05) is 23.7 Å². The van der Waals surface area contributed by atoms with E-state index in [1.54, 1.807) is 12.1 Å². The number of rotatable bonds is 5. The summed E-state index contributed by atoms with van der Waals surface area (Å²) in [6, 6.07) is 15.0. The standard InChI is InChI=1S/C19H18N4O3/c1-22(17-11-8-13-4-2-3-5-16(13)17)12-18-20-19(21-26-18)14-6-9-15(10-7-14)23(24)25/h2-7,9-10,17H,8,11-12H2,1H3/t17-/m0/s1. The first-order valence-electron chi connectivity index (χ1n) is 8.47. The average Bonchev–Trinajstić information content (AvgIpc) is 3.28. The molecule has 3 aromatic rings. The zero-order valence-corrected chi connectivity index (χ0v) is 14.3. The number of nitrogens with zero attached hydrogens (tertiary/aromatic N) is 4. The lowest BCUT2D eigenvalue weighted by Crippen LogP contribution is -2.22. The van der Waals surface area contributed by atoms with Crippen LogP contribution in [0.4, 0.5) is 5.69 Å². The first kappa shape index (κ1) is 16.4. The monoisotopic (exact) mass is 350 g/mol. The largest absolute Gasteiger partial charge is 0.338 e. The first-order chi connectivity index (χ1) is 12.6. The van der Waals surface area contributed by atoms with Gasteiger partial charge in [-0.2, -0.15) is 4.98 Å². The van der Waals surface area contributed by atoms with Crippen LogP contribution in [0, 0.1) is 10.1 Å². The van der Waals surface area contributed by atoms with Gasteiger partial charge in [-0.15, -0.1) is 0 Å². The van der Waals surface area contributed by atoms with Crippen LogP contribution in [0.3, 0.4) is 0 Å². The molecule has 0 saturated carbocycles. The summed E-state index contributed by atoms with van der Waals surface area (Å²) in [7, 11) is 2.06. The van der Waals surface area contributed by atoms with Crippen molar-refractivity contribution in [2.45, 2.75) is 25.4 Å². The van der Waals surface area contributed by atoms with Crippen molar-refractivity contribution in [1.82, 2.24) is 15.0 Å². The Morgan fingerprint density at radius 3 is 2.77 bits per heavy atom. The molecule has 0 N–H and O–H groups in total. The van der Waals surface area contributed by atoms with Gasteiger partial charge in [0.1, 0.15) is 0 Å². The molecule has 0 saturated heterocycles. The van der Waals surface area contributed by atoms with Gasteiger partial charge in [-0.25, -0.2) is 0 Å². The lowest BCUT2D eigenvalue weighted by atomic mass is 10.1. The van der Waals surface area contributed by atoms with Crippen molar-refractivity contribution in [3.63, 3.8) is 0 Å². The summed E-state index contributed by atoms with van der Waals surface area (Å²) >= 11 is 0. The Morgan fingerprint density at radius 1 is 1.23 bits per heavy atom. The molecule has 2 aromatic carbocycles. The van der Waals surface area contributed by atoms with E-state index in [4.69, 9.17) is 4.52 Å². The van der Waals surface area contributed by atoms with Crippen LogP contribution in [0.25, 0.3) is 11.4 Å². The summed E-state index contributed by atoms with van der Waals surface area (Å²) in [5.41, 5.74) is 3.50. The van der Waals surface area contributed by atoms with Crippen LogP contribution >= 0.6 is 0 Å². The third-order valence-electron chi connectivity index (χ3n) is 4.82. The number of fused-ring (bicyclic) bond motifs is 1. The molecule has 7 heteroatoms. The Kier molecular flexibility index (Phi) is 4.22. The topological polar surface area (TPSA) is 85.3 Å². The minimum atomic E-state index is -0.431. The summed E-state index contributed by atoms with van der Waals surface area (Å²) < 4.78 is 5.38. The van der Waals surface area contributed by atoms with Crippen LogP contribution in [0.2, 0.25) is 0 Å².